The number of rotatable bonds is 4. The third-order valence-electron chi connectivity index (χ3n) is 3.73. The summed E-state index contributed by atoms with van der Waals surface area (Å²) in [7, 11) is 0. The van der Waals surface area contributed by atoms with E-state index < -0.39 is 0 Å². The van der Waals surface area contributed by atoms with Gasteiger partial charge in [0.15, 0.2) is 0 Å². The lowest BCUT2D eigenvalue weighted by Crippen LogP contribution is -2.14. The van der Waals surface area contributed by atoms with E-state index in [4.69, 9.17) is 0 Å². The molecule has 1 heteroatoms. The number of aryl methyl sites for hydroxylation is 1. The molecule has 0 aliphatic carbocycles. The van der Waals surface area contributed by atoms with Gasteiger partial charge in [-0.3, -0.25) is 0 Å². The van der Waals surface area contributed by atoms with Gasteiger partial charge in [-0.1, -0.05) is 69.3 Å². The van der Waals surface area contributed by atoms with Gasteiger partial charge >= 0.3 is 0 Å². The van der Waals surface area contributed by atoms with Gasteiger partial charge in [0.2, 0.25) is 0 Å². The van der Waals surface area contributed by atoms with E-state index in [1.54, 1.807) is 0 Å². The van der Waals surface area contributed by atoms with Crippen molar-refractivity contribution in [1.29, 1.82) is 0 Å². The highest BCUT2D eigenvalue weighted by atomic mass is 14.8. The predicted octanol–water partition coefficient (Wildman–Crippen LogP) is 4.58. The van der Waals surface area contributed by atoms with E-state index in [2.05, 4.69) is 81.5 Å². The van der Waals surface area contributed by atoms with E-state index in [1.165, 1.54) is 22.3 Å². The van der Waals surface area contributed by atoms with Crippen molar-refractivity contribution in [1.82, 2.24) is 5.32 Å². The van der Waals surface area contributed by atoms with Crippen LogP contribution < -0.4 is 5.32 Å². The fraction of sp³-hybridized carbons (Fsp3) is 0.368. The zero-order valence-corrected chi connectivity index (χ0v) is 13.0. The molecule has 1 nitrogen and oxygen atoms in total. The van der Waals surface area contributed by atoms with Crippen molar-refractivity contribution >= 4 is 0 Å². The van der Waals surface area contributed by atoms with Crippen LogP contribution in [0.2, 0.25) is 0 Å². The molecule has 0 aromatic heterocycles. The molecule has 0 fully saturated rings. The minimum atomic E-state index is 0.229. The van der Waals surface area contributed by atoms with Gasteiger partial charge in [0.25, 0.3) is 0 Å². The lowest BCUT2D eigenvalue weighted by atomic mass is 9.87. The van der Waals surface area contributed by atoms with Gasteiger partial charge in [0.1, 0.15) is 0 Å². The van der Waals surface area contributed by atoms with Crippen LogP contribution in [0.25, 0.3) is 0 Å². The summed E-state index contributed by atoms with van der Waals surface area (Å²) in [4.78, 5) is 0. The molecule has 2 aromatic carbocycles. The third-order valence-corrected chi connectivity index (χ3v) is 3.73. The largest absolute Gasteiger partial charge is 0.309 e. The van der Waals surface area contributed by atoms with E-state index in [0.717, 1.165) is 13.1 Å². The first-order chi connectivity index (χ1) is 9.47. The smallest absolute Gasteiger partial charge is 0.0211 e. The minimum absolute atomic E-state index is 0.229. The lowest BCUT2D eigenvalue weighted by Gasteiger charge is -2.19. The summed E-state index contributed by atoms with van der Waals surface area (Å²) in [6.07, 6.45) is 0. The van der Waals surface area contributed by atoms with E-state index in [-0.39, 0.29) is 5.41 Å². The monoisotopic (exact) mass is 267 g/mol. The third kappa shape index (κ3) is 3.94. The molecule has 0 aliphatic rings. The van der Waals surface area contributed by atoms with E-state index in [0.29, 0.717) is 0 Å². The first kappa shape index (κ1) is 14.8. The molecular weight excluding hydrogens is 242 g/mol. The van der Waals surface area contributed by atoms with Gasteiger partial charge < -0.3 is 5.32 Å². The number of hydrogen-bond donors (Lipinski definition) is 1. The van der Waals surface area contributed by atoms with Gasteiger partial charge in [-0.05, 0) is 34.6 Å². The highest BCUT2D eigenvalue weighted by Crippen LogP contribution is 2.22. The molecule has 0 bridgehead atoms. The fourth-order valence-corrected chi connectivity index (χ4v) is 2.27. The van der Waals surface area contributed by atoms with Crippen molar-refractivity contribution in [3.8, 4) is 0 Å². The molecule has 0 aliphatic heterocycles. The van der Waals surface area contributed by atoms with Gasteiger partial charge in [0, 0.05) is 13.1 Å². The summed E-state index contributed by atoms with van der Waals surface area (Å²) in [5.41, 5.74) is 5.68. The molecule has 1 N–H and O–H groups in total. The van der Waals surface area contributed by atoms with Crippen LogP contribution in [0.5, 0.6) is 0 Å². The maximum atomic E-state index is 3.52. The highest BCUT2D eigenvalue weighted by molar-refractivity contribution is 5.28. The standard InChI is InChI=1S/C19H25N/c1-15-7-5-6-8-17(15)14-20-13-16-9-11-18(12-10-16)19(2,3)4/h5-12,20H,13-14H2,1-4H3. The molecule has 20 heavy (non-hydrogen) atoms. The summed E-state index contributed by atoms with van der Waals surface area (Å²) in [6.45, 7) is 10.7. The molecule has 0 unspecified atom stereocenters. The maximum Gasteiger partial charge on any atom is 0.0211 e. The molecule has 0 radical (unpaired) electrons. The van der Waals surface area contributed by atoms with Crippen molar-refractivity contribution in [3.63, 3.8) is 0 Å². The molecular formula is C19H25N. The summed E-state index contributed by atoms with van der Waals surface area (Å²) < 4.78 is 0. The van der Waals surface area contributed by atoms with Crippen LogP contribution in [-0.4, -0.2) is 0 Å². The van der Waals surface area contributed by atoms with Crippen LogP contribution in [0.4, 0.5) is 0 Å². The second kappa shape index (κ2) is 6.23. The van der Waals surface area contributed by atoms with Crippen LogP contribution in [0, 0.1) is 6.92 Å². The molecule has 106 valence electrons. The van der Waals surface area contributed by atoms with Gasteiger partial charge in [-0.15, -0.1) is 0 Å². The van der Waals surface area contributed by atoms with Crippen molar-refractivity contribution in [2.75, 3.05) is 0 Å². The summed E-state index contributed by atoms with van der Waals surface area (Å²) in [5, 5.41) is 3.52. The molecule has 0 saturated heterocycles. The van der Waals surface area contributed by atoms with Crippen molar-refractivity contribution in [3.05, 3.63) is 70.8 Å². The lowest BCUT2D eigenvalue weighted by molar-refractivity contribution is 0.589. The maximum absolute atomic E-state index is 3.52. The van der Waals surface area contributed by atoms with Crippen molar-refractivity contribution < 1.29 is 0 Å². The van der Waals surface area contributed by atoms with Gasteiger partial charge in [-0.25, -0.2) is 0 Å². The summed E-state index contributed by atoms with van der Waals surface area (Å²) >= 11 is 0. The van der Waals surface area contributed by atoms with E-state index >= 15 is 0 Å². The Morgan fingerprint density at radius 1 is 0.850 bits per heavy atom. The van der Waals surface area contributed by atoms with Crippen LogP contribution in [0.15, 0.2) is 48.5 Å². The molecule has 2 aromatic rings. The first-order valence-electron chi connectivity index (χ1n) is 7.31. The second-order valence-electron chi connectivity index (χ2n) is 6.48. The Kier molecular flexibility index (Phi) is 4.61. The van der Waals surface area contributed by atoms with Crippen molar-refractivity contribution in [2.24, 2.45) is 0 Å². The fourth-order valence-electron chi connectivity index (χ4n) is 2.27. The Labute approximate surface area is 123 Å². The molecule has 0 saturated carbocycles. The Morgan fingerprint density at radius 3 is 2.10 bits per heavy atom. The van der Waals surface area contributed by atoms with Gasteiger partial charge in [0.05, 0.1) is 0 Å². The summed E-state index contributed by atoms with van der Waals surface area (Å²) in [6, 6.07) is 17.5. The quantitative estimate of drug-likeness (QED) is 0.855. The predicted molar refractivity (Wildman–Crippen MR) is 86.9 cm³/mol. The summed E-state index contributed by atoms with van der Waals surface area (Å²) in [5.74, 6) is 0. The number of hydrogen-bond acceptors (Lipinski definition) is 1. The number of nitrogens with one attached hydrogen (secondary N) is 1. The second-order valence-corrected chi connectivity index (χ2v) is 6.48. The highest BCUT2D eigenvalue weighted by Gasteiger charge is 2.12. The normalized spacial score (nSPS) is 11.6. The minimum Gasteiger partial charge on any atom is -0.309 e. The van der Waals surface area contributed by atoms with Crippen LogP contribution in [-0.2, 0) is 18.5 Å². The van der Waals surface area contributed by atoms with Crippen molar-refractivity contribution in [2.45, 2.75) is 46.2 Å². The topological polar surface area (TPSA) is 12.0 Å². The molecule has 0 atom stereocenters. The SMILES string of the molecule is Cc1ccccc1CNCc1ccc(C(C)(C)C)cc1. The van der Waals surface area contributed by atoms with E-state index in [1.807, 2.05) is 0 Å². The molecule has 0 amide bonds. The Morgan fingerprint density at radius 2 is 1.50 bits per heavy atom. The van der Waals surface area contributed by atoms with E-state index in [9.17, 15) is 0 Å². The zero-order valence-electron chi connectivity index (χ0n) is 13.0. The molecule has 0 spiro atoms. The Hall–Kier alpha value is -1.60. The molecule has 0 heterocycles. The zero-order chi connectivity index (χ0) is 14.6. The number of benzene rings is 2. The first-order valence-corrected chi connectivity index (χ1v) is 7.31. The average Bonchev–Trinajstić information content (AvgIpc) is 2.40. The van der Waals surface area contributed by atoms with Crippen LogP contribution >= 0.6 is 0 Å². The Bertz CT molecular complexity index is 547. The Balaban J connectivity index is 1.90. The average molecular weight is 267 g/mol. The van der Waals surface area contributed by atoms with Crippen LogP contribution in [0.3, 0.4) is 0 Å². The van der Waals surface area contributed by atoms with Crippen LogP contribution in [0.1, 0.15) is 43.0 Å². The molecule has 2 rings (SSSR count). The van der Waals surface area contributed by atoms with Gasteiger partial charge in [-0.2, -0.15) is 0 Å².